The molecule has 2 aliphatic carbocycles. The number of nitrogens with zero attached hydrogens (tertiary/aromatic N) is 9. The van der Waals surface area contributed by atoms with E-state index in [0.717, 1.165) is 24.1 Å². The first-order valence-electron chi connectivity index (χ1n) is 15.5. The summed E-state index contributed by atoms with van der Waals surface area (Å²) in [4.78, 5) is 66.3. The fourth-order valence-corrected chi connectivity index (χ4v) is 5.77. The second-order valence-corrected chi connectivity index (χ2v) is 12.5. The van der Waals surface area contributed by atoms with Gasteiger partial charge in [-0.25, -0.2) is 24.7 Å². The Hall–Kier alpha value is -4.98. The lowest BCUT2D eigenvalue weighted by Gasteiger charge is -2.20. The smallest absolute Gasteiger partial charge is 0.331 e. The number of carbonyl (C=O) groups excluding carboxylic acids is 3. The van der Waals surface area contributed by atoms with Crippen molar-refractivity contribution >= 4 is 35.0 Å². The molecular weight excluding hydrogens is 588 g/mol. The summed E-state index contributed by atoms with van der Waals surface area (Å²) in [7, 11) is 3.82. The molecule has 1 N–H and O–H groups in total. The fraction of sp³-hybridized carbons (Fsp3) is 0.438. The first-order chi connectivity index (χ1) is 22.1. The number of hydrogen-bond acceptors (Lipinski definition) is 10. The molecule has 3 fully saturated rings. The van der Waals surface area contributed by atoms with Gasteiger partial charge in [0.25, 0.3) is 5.91 Å². The van der Waals surface area contributed by atoms with Crippen LogP contribution in [0.3, 0.4) is 0 Å². The van der Waals surface area contributed by atoms with E-state index in [-0.39, 0.29) is 42.8 Å². The van der Waals surface area contributed by atoms with Crippen LogP contribution < -0.4 is 15.0 Å². The molecule has 2 saturated carbocycles. The van der Waals surface area contributed by atoms with Crippen molar-refractivity contribution in [3.63, 3.8) is 0 Å². The predicted octanol–water partition coefficient (Wildman–Crippen LogP) is 3.06. The van der Waals surface area contributed by atoms with Gasteiger partial charge in [-0.1, -0.05) is 0 Å². The molecule has 46 heavy (non-hydrogen) atoms. The minimum Gasteiger partial charge on any atom is -0.471 e. The second-order valence-electron chi connectivity index (χ2n) is 12.5. The summed E-state index contributed by atoms with van der Waals surface area (Å²) in [5.74, 6) is 1.62. The van der Waals surface area contributed by atoms with E-state index in [1.54, 1.807) is 19.2 Å². The van der Waals surface area contributed by atoms with Gasteiger partial charge in [-0.3, -0.25) is 19.4 Å². The zero-order valence-electron chi connectivity index (χ0n) is 26.3. The van der Waals surface area contributed by atoms with Crippen LogP contribution in [0.15, 0.2) is 36.8 Å². The number of anilines is 2. The van der Waals surface area contributed by atoms with Gasteiger partial charge >= 0.3 is 6.03 Å². The SMILES string of the molecule is Cc1ccnc(C2CC2C(=O)Nc2cc(OCc3cn4cc(C5CC5)cc(N5CC(=O)N(CCN(C)C)C5=O)c4n3)nc(C)n2)n1. The van der Waals surface area contributed by atoms with Crippen LogP contribution in [-0.4, -0.2) is 90.7 Å². The van der Waals surface area contributed by atoms with Crippen molar-refractivity contribution < 1.29 is 19.1 Å². The molecule has 14 heteroatoms. The number of imide groups is 1. The number of ether oxygens (including phenoxy) is 1. The number of fused-ring (bicyclic) bond motifs is 1. The standard InChI is InChI=1S/C32H36N10O4/c1-18-7-8-33-29(34-18)23-12-24(23)31(44)38-26-13-27(36-19(2)35-26)46-17-22-15-40-14-21(20-5-6-20)11-25(30(40)37-22)42-16-28(43)41(32(42)45)10-9-39(3)4/h7-8,11,13-15,20,23-24H,5-6,9-10,12,16-17H2,1-4H3,(H,35,36,38,44). The van der Waals surface area contributed by atoms with Gasteiger partial charge in [0, 0.05) is 55.3 Å². The number of imidazole rings is 1. The van der Waals surface area contributed by atoms with E-state index >= 15 is 0 Å². The Morgan fingerprint density at radius 1 is 1.09 bits per heavy atom. The molecule has 4 amide bonds. The Labute approximate surface area is 265 Å². The van der Waals surface area contributed by atoms with Crippen LogP contribution in [0.2, 0.25) is 0 Å². The summed E-state index contributed by atoms with van der Waals surface area (Å²) in [6.07, 6.45) is 8.48. The van der Waals surface area contributed by atoms with Gasteiger partial charge < -0.3 is 19.4 Å². The van der Waals surface area contributed by atoms with E-state index in [1.807, 2.05) is 54.8 Å². The van der Waals surface area contributed by atoms with E-state index in [4.69, 9.17) is 9.72 Å². The van der Waals surface area contributed by atoms with Crippen LogP contribution in [0.4, 0.5) is 16.3 Å². The van der Waals surface area contributed by atoms with Crippen LogP contribution in [0.1, 0.15) is 59.7 Å². The van der Waals surface area contributed by atoms with Gasteiger partial charge in [-0.05, 0) is 70.8 Å². The normalized spacial score (nSPS) is 19.4. The number of aromatic nitrogens is 6. The highest BCUT2D eigenvalue weighted by molar-refractivity contribution is 6.13. The van der Waals surface area contributed by atoms with Crippen LogP contribution in [-0.2, 0) is 16.2 Å². The van der Waals surface area contributed by atoms with Crippen molar-refractivity contribution in [2.45, 2.75) is 51.6 Å². The number of hydrogen-bond donors (Lipinski definition) is 1. The number of likely N-dealkylation sites (N-methyl/N-ethyl adjacent to an activating group) is 1. The molecular formula is C32H36N10O4. The molecule has 4 aromatic heterocycles. The van der Waals surface area contributed by atoms with E-state index in [9.17, 15) is 14.4 Å². The summed E-state index contributed by atoms with van der Waals surface area (Å²) in [5, 5.41) is 2.89. The fourth-order valence-electron chi connectivity index (χ4n) is 5.77. The monoisotopic (exact) mass is 624 g/mol. The number of aryl methyl sites for hydroxylation is 2. The third-order valence-corrected chi connectivity index (χ3v) is 8.48. The number of carbonyl (C=O) groups is 3. The first kappa shape index (κ1) is 29.7. The average Bonchev–Trinajstić information content (AvgIpc) is 3.93. The second kappa shape index (κ2) is 11.7. The maximum Gasteiger partial charge on any atom is 0.331 e. The van der Waals surface area contributed by atoms with Gasteiger partial charge in [0.2, 0.25) is 11.8 Å². The Morgan fingerprint density at radius 3 is 2.67 bits per heavy atom. The van der Waals surface area contributed by atoms with Gasteiger partial charge in [-0.2, -0.15) is 4.98 Å². The first-order valence-corrected chi connectivity index (χ1v) is 15.5. The number of amides is 4. The topological polar surface area (TPSA) is 151 Å². The maximum atomic E-state index is 13.4. The van der Waals surface area contributed by atoms with Crippen molar-refractivity contribution in [3.8, 4) is 5.88 Å². The molecule has 7 rings (SSSR count). The molecule has 0 aromatic carbocycles. The number of nitrogens with one attached hydrogen (secondary N) is 1. The third-order valence-electron chi connectivity index (χ3n) is 8.48. The third kappa shape index (κ3) is 6.12. The van der Waals surface area contributed by atoms with Gasteiger partial charge in [0.15, 0.2) is 5.65 Å². The maximum absolute atomic E-state index is 13.4. The molecule has 0 bridgehead atoms. The summed E-state index contributed by atoms with van der Waals surface area (Å²) < 4.78 is 7.93. The van der Waals surface area contributed by atoms with Gasteiger partial charge in [0.05, 0.1) is 11.4 Å². The van der Waals surface area contributed by atoms with Crippen molar-refractivity contribution in [3.05, 3.63) is 65.4 Å². The summed E-state index contributed by atoms with van der Waals surface area (Å²) in [6.45, 7) is 4.63. The summed E-state index contributed by atoms with van der Waals surface area (Å²) in [6, 6.07) is 5.08. The molecule has 238 valence electrons. The molecule has 0 spiro atoms. The molecule has 1 aliphatic heterocycles. The molecule has 2 unspecified atom stereocenters. The molecule has 0 radical (unpaired) electrons. The van der Waals surface area contributed by atoms with Crippen LogP contribution in [0, 0.1) is 19.8 Å². The Kier molecular flexibility index (Phi) is 7.59. The van der Waals surface area contributed by atoms with E-state index in [2.05, 4.69) is 25.3 Å². The highest BCUT2D eigenvalue weighted by atomic mass is 16.5. The van der Waals surface area contributed by atoms with Gasteiger partial charge in [-0.15, -0.1) is 0 Å². The summed E-state index contributed by atoms with van der Waals surface area (Å²) >= 11 is 0. The largest absolute Gasteiger partial charge is 0.471 e. The highest BCUT2D eigenvalue weighted by Crippen LogP contribution is 2.46. The Bertz CT molecular complexity index is 1850. The van der Waals surface area contributed by atoms with Crippen molar-refractivity contribution in [2.75, 3.05) is 43.9 Å². The van der Waals surface area contributed by atoms with Crippen molar-refractivity contribution in [1.82, 2.24) is 39.1 Å². The predicted molar refractivity (Wildman–Crippen MR) is 168 cm³/mol. The molecule has 1 saturated heterocycles. The number of urea groups is 1. The Balaban J connectivity index is 1.06. The van der Waals surface area contributed by atoms with Crippen LogP contribution >= 0.6 is 0 Å². The van der Waals surface area contributed by atoms with E-state index in [0.29, 0.717) is 65.8 Å². The zero-order valence-corrected chi connectivity index (χ0v) is 26.3. The minimum absolute atomic E-state index is 0.00554. The average molecular weight is 625 g/mol. The van der Waals surface area contributed by atoms with Gasteiger partial charge in [0.1, 0.15) is 30.6 Å². The molecule has 2 atom stereocenters. The highest BCUT2D eigenvalue weighted by Gasteiger charge is 2.46. The molecule has 3 aliphatic rings. The van der Waals surface area contributed by atoms with Crippen LogP contribution in [0.25, 0.3) is 5.65 Å². The number of rotatable bonds is 11. The Morgan fingerprint density at radius 2 is 1.91 bits per heavy atom. The minimum atomic E-state index is -0.336. The lowest BCUT2D eigenvalue weighted by molar-refractivity contribution is -0.125. The van der Waals surface area contributed by atoms with Crippen molar-refractivity contribution in [1.29, 1.82) is 0 Å². The van der Waals surface area contributed by atoms with Crippen LogP contribution in [0.5, 0.6) is 5.88 Å². The van der Waals surface area contributed by atoms with E-state index in [1.165, 1.54) is 9.80 Å². The van der Waals surface area contributed by atoms with Crippen molar-refractivity contribution in [2.24, 2.45) is 5.92 Å². The molecule has 14 nitrogen and oxygen atoms in total. The molecule has 5 heterocycles. The molecule has 4 aromatic rings. The zero-order chi connectivity index (χ0) is 32.1. The lowest BCUT2D eigenvalue weighted by atomic mass is 10.1. The summed E-state index contributed by atoms with van der Waals surface area (Å²) in [5.41, 5.74) is 3.78. The quantitative estimate of drug-likeness (QED) is 0.247. The lowest BCUT2D eigenvalue weighted by Crippen LogP contribution is -2.37. The number of pyridine rings is 1. The van der Waals surface area contributed by atoms with E-state index < -0.39 is 0 Å².